The molecule has 1 atom stereocenters. The molecule has 8 nitrogen and oxygen atoms in total. The molecular formula is C25H29ClN4O4. The number of β-amino-alcohol motifs (C(OH)–C–C–N with tert-alkyl or cyclic N) is 1. The fourth-order valence-corrected chi connectivity index (χ4v) is 4.32. The van der Waals surface area contributed by atoms with Gasteiger partial charge in [-0.2, -0.15) is 0 Å². The van der Waals surface area contributed by atoms with Crippen LogP contribution in [0.5, 0.6) is 5.75 Å². The zero-order valence-electron chi connectivity index (χ0n) is 19.1. The van der Waals surface area contributed by atoms with E-state index in [1.165, 1.54) is 0 Å². The molecule has 2 heterocycles. The summed E-state index contributed by atoms with van der Waals surface area (Å²) in [6, 6.07) is 14.4. The molecule has 2 fully saturated rings. The molecule has 34 heavy (non-hydrogen) atoms. The first-order valence-electron chi connectivity index (χ1n) is 11.4. The van der Waals surface area contributed by atoms with Crippen LogP contribution in [0.1, 0.15) is 12.5 Å². The second-order valence-corrected chi connectivity index (χ2v) is 8.73. The molecule has 3 amide bonds. The van der Waals surface area contributed by atoms with Gasteiger partial charge in [0.25, 0.3) is 5.91 Å². The summed E-state index contributed by atoms with van der Waals surface area (Å²) in [6.07, 6.45) is 0.759. The zero-order chi connectivity index (χ0) is 24.1. The number of rotatable bonds is 8. The molecule has 2 aliphatic heterocycles. The van der Waals surface area contributed by atoms with Gasteiger partial charge in [-0.3, -0.25) is 14.6 Å². The van der Waals surface area contributed by atoms with Gasteiger partial charge in [-0.1, -0.05) is 35.9 Å². The zero-order valence-corrected chi connectivity index (χ0v) is 19.9. The van der Waals surface area contributed by atoms with Crippen LogP contribution in [-0.4, -0.2) is 78.8 Å². The van der Waals surface area contributed by atoms with Crippen molar-refractivity contribution < 1.29 is 19.4 Å². The lowest BCUT2D eigenvalue weighted by Crippen LogP contribution is -2.50. The van der Waals surface area contributed by atoms with Crippen molar-refractivity contribution in [2.45, 2.75) is 13.0 Å². The largest absolute Gasteiger partial charge is 0.492 e. The maximum absolute atomic E-state index is 12.7. The first-order chi connectivity index (χ1) is 16.4. The molecule has 1 unspecified atom stereocenters. The number of benzene rings is 2. The van der Waals surface area contributed by atoms with Crippen LogP contribution in [0.15, 0.2) is 54.2 Å². The van der Waals surface area contributed by atoms with Crippen LogP contribution in [0.3, 0.4) is 0 Å². The van der Waals surface area contributed by atoms with Crippen molar-refractivity contribution in [1.82, 2.24) is 15.1 Å². The Morgan fingerprint density at radius 1 is 1.06 bits per heavy atom. The number of amides is 3. The average molecular weight is 485 g/mol. The van der Waals surface area contributed by atoms with E-state index in [0.717, 1.165) is 48.1 Å². The van der Waals surface area contributed by atoms with Gasteiger partial charge >= 0.3 is 6.03 Å². The number of hydrogen-bond acceptors (Lipinski definition) is 6. The lowest BCUT2D eigenvalue weighted by Gasteiger charge is -2.37. The van der Waals surface area contributed by atoms with E-state index in [-0.39, 0.29) is 12.2 Å². The smallest absolute Gasteiger partial charge is 0.329 e. The summed E-state index contributed by atoms with van der Waals surface area (Å²) >= 11 is 5.89. The molecule has 2 saturated heterocycles. The molecule has 2 aromatic carbocycles. The minimum absolute atomic E-state index is 0.0595. The predicted octanol–water partition coefficient (Wildman–Crippen LogP) is 2.81. The lowest BCUT2D eigenvalue weighted by molar-refractivity contribution is -0.124. The van der Waals surface area contributed by atoms with Gasteiger partial charge in [0.1, 0.15) is 11.4 Å². The average Bonchev–Trinajstić information content (AvgIpc) is 3.09. The molecule has 180 valence electrons. The van der Waals surface area contributed by atoms with Gasteiger partial charge in [0.05, 0.1) is 24.9 Å². The Balaban J connectivity index is 1.30. The summed E-state index contributed by atoms with van der Waals surface area (Å²) in [4.78, 5) is 30.5. The van der Waals surface area contributed by atoms with Crippen LogP contribution in [0.4, 0.5) is 10.5 Å². The highest BCUT2D eigenvalue weighted by Gasteiger charge is 2.35. The fraction of sp³-hybridized carbons (Fsp3) is 0.360. The number of carbonyl (C=O) groups excluding carboxylic acids is 2. The van der Waals surface area contributed by atoms with Gasteiger partial charge in [-0.15, -0.1) is 0 Å². The van der Waals surface area contributed by atoms with Crippen molar-refractivity contribution >= 4 is 35.3 Å². The van der Waals surface area contributed by atoms with E-state index in [2.05, 4.69) is 21.2 Å². The van der Waals surface area contributed by atoms with Gasteiger partial charge in [-0.25, -0.2) is 4.79 Å². The number of halogens is 1. The number of nitrogens with one attached hydrogen (secondary N) is 1. The molecule has 0 radical (unpaired) electrons. The van der Waals surface area contributed by atoms with Crippen LogP contribution in [0.25, 0.3) is 6.08 Å². The van der Waals surface area contributed by atoms with Crippen molar-refractivity contribution in [3.63, 3.8) is 0 Å². The summed E-state index contributed by atoms with van der Waals surface area (Å²) in [7, 11) is 0. The molecule has 2 N–H and O–H groups in total. The van der Waals surface area contributed by atoms with Crippen molar-refractivity contribution in [3.8, 4) is 5.75 Å². The van der Waals surface area contributed by atoms with Crippen LogP contribution in [0.2, 0.25) is 5.02 Å². The molecule has 2 aromatic rings. The van der Waals surface area contributed by atoms with Crippen molar-refractivity contribution in [3.05, 3.63) is 64.8 Å². The van der Waals surface area contributed by atoms with Gasteiger partial charge in [-0.05, 0) is 42.8 Å². The van der Waals surface area contributed by atoms with Crippen LogP contribution in [0, 0.1) is 0 Å². The normalized spacial score (nSPS) is 19.0. The quantitative estimate of drug-likeness (QED) is 0.442. The Labute approximate surface area is 204 Å². The summed E-state index contributed by atoms with van der Waals surface area (Å²) in [5, 5.41) is 13.8. The van der Waals surface area contributed by atoms with Crippen LogP contribution in [-0.2, 0) is 4.79 Å². The maximum atomic E-state index is 12.7. The van der Waals surface area contributed by atoms with Gasteiger partial charge in [0.15, 0.2) is 0 Å². The number of anilines is 1. The van der Waals surface area contributed by atoms with E-state index >= 15 is 0 Å². The third-order valence-corrected chi connectivity index (χ3v) is 6.14. The third kappa shape index (κ3) is 5.70. The third-order valence-electron chi connectivity index (χ3n) is 5.88. The number of ether oxygens (including phenoxy) is 1. The number of hydrogen-bond donors (Lipinski definition) is 2. The number of nitrogens with zero attached hydrogens (tertiary/aromatic N) is 3. The van der Waals surface area contributed by atoms with Gasteiger partial charge in [0, 0.05) is 37.7 Å². The molecular weight excluding hydrogens is 456 g/mol. The Bertz CT molecular complexity index is 1050. The SMILES string of the molecule is CCOc1ccccc1N1CCN(CC(O)CN2C(=O)N/C(=C\c3ccc(Cl)cc3)C2=O)CC1. The van der Waals surface area contributed by atoms with E-state index in [1.807, 2.05) is 25.1 Å². The Hall–Kier alpha value is -3.07. The second kappa shape index (κ2) is 10.9. The maximum Gasteiger partial charge on any atom is 0.329 e. The van der Waals surface area contributed by atoms with Crippen molar-refractivity contribution in [1.29, 1.82) is 0 Å². The van der Waals surface area contributed by atoms with E-state index in [4.69, 9.17) is 16.3 Å². The van der Waals surface area contributed by atoms with E-state index in [0.29, 0.717) is 18.2 Å². The fourth-order valence-electron chi connectivity index (χ4n) is 4.20. The second-order valence-electron chi connectivity index (χ2n) is 8.30. The predicted molar refractivity (Wildman–Crippen MR) is 132 cm³/mol. The molecule has 4 rings (SSSR count). The van der Waals surface area contributed by atoms with Gasteiger partial charge in [0.2, 0.25) is 0 Å². The van der Waals surface area contributed by atoms with E-state index in [1.54, 1.807) is 30.3 Å². The minimum atomic E-state index is -0.841. The number of imide groups is 1. The number of carbonyl (C=O) groups is 2. The van der Waals surface area contributed by atoms with Crippen molar-refractivity contribution in [2.24, 2.45) is 0 Å². The minimum Gasteiger partial charge on any atom is -0.492 e. The summed E-state index contributed by atoms with van der Waals surface area (Å²) in [5.41, 5.74) is 2.00. The van der Waals surface area contributed by atoms with E-state index < -0.39 is 18.0 Å². The van der Waals surface area contributed by atoms with Crippen LogP contribution < -0.4 is 15.0 Å². The molecule has 0 aliphatic carbocycles. The standard InChI is InChI=1S/C25H29ClN4O4/c1-2-34-23-6-4-3-5-22(23)29-13-11-28(12-14-29)16-20(31)17-30-24(32)21(27-25(30)33)15-18-7-9-19(26)10-8-18/h3-10,15,20,31H,2,11-14,16-17H2,1H3,(H,27,33)/b21-15-. The molecule has 0 bridgehead atoms. The number of aliphatic hydroxyl groups excluding tert-OH is 1. The molecule has 0 saturated carbocycles. The monoisotopic (exact) mass is 484 g/mol. The number of piperazine rings is 1. The number of para-hydroxylation sites is 2. The number of aliphatic hydroxyl groups is 1. The summed E-state index contributed by atoms with van der Waals surface area (Å²) in [6.45, 7) is 6.03. The van der Waals surface area contributed by atoms with Gasteiger partial charge < -0.3 is 20.1 Å². The van der Waals surface area contributed by atoms with E-state index in [9.17, 15) is 14.7 Å². The highest BCUT2D eigenvalue weighted by Crippen LogP contribution is 2.28. The molecule has 0 spiro atoms. The molecule has 2 aliphatic rings. The Morgan fingerprint density at radius 3 is 2.47 bits per heavy atom. The van der Waals surface area contributed by atoms with Crippen molar-refractivity contribution in [2.75, 3.05) is 50.8 Å². The first kappa shape index (κ1) is 24.1. The summed E-state index contributed by atoms with van der Waals surface area (Å²) in [5.74, 6) is 0.427. The molecule has 0 aromatic heterocycles. The topological polar surface area (TPSA) is 85.3 Å². The lowest BCUT2D eigenvalue weighted by atomic mass is 10.2. The van der Waals surface area contributed by atoms with Crippen LogP contribution >= 0.6 is 11.6 Å². The number of urea groups is 1. The highest BCUT2D eigenvalue weighted by atomic mass is 35.5. The molecule has 9 heteroatoms. The summed E-state index contributed by atoms with van der Waals surface area (Å²) < 4.78 is 5.75. The first-order valence-corrected chi connectivity index (χ1v) is 11.8. The Kier molecular flexibility index (Phi) is 7.72. The Morgan fingerprint density at radius 2 is 1.76 bits per heavy atom. The highest BCUT2D eigenvalue weighted by molar-refractivity contribution is 6.30.